The highest BCUT2D eigenvalue weighted by atomic mass is 16.2. The van der Waals surface area contributed by atoms with Crippen molar-refractivity contribution >= 4 is 23.4 Å². The van der Waals surface area contributed by atoms with Crippen molar-refractivity contribution in [3.05, 3.63) is 102 Å². The Morgan fingerprint density at radius 1 is 0.903 bits per heavy atom. The van der Waals surface area contributed by atoms with Gasteiger partial charge in [0.05, 0.1) is 12.1 Å². The first kappa shape index (κ1) is 20.5. The SMILES string of the molecule is Cc1ccc(C(=O)N(CCc2ccccc2)C2CC(=O)N(c3ccccc3)C2=O)cc1. The van der Waals surface area contributed by atoms with Crippen LogP contribution in [0.25, 0.3) is 0 Å². The van der Waals surface area contributed by atoms with Crippen molar-refractivity contribution in [1.82, 2.24) is 4.90 Å². The van der Waals surface area contributed by atoms with Crippen LogP contribution in [0.2, 0.25) is 0 Å². The molecule has 0 radical (unpaired) electrons. The number of anilines is 1. The van der Waals surface area contributed by atoms with Gasteiger partial charge in [-0.15, -0.1) is 0 Å². The van der Waals surface area contributed by atoms with Crippen molar-refractivity contribution in [1.29, 1.82) is 0 Å². The molecule has 0 bridgehead atoms. The molecule has 4 rings (SSSR count). The third-order valence-electron chi connectivity index (χ3n) is 5.56. The van der Waals surface area contributed by atoms with Crippen LogP contribution in [-0.4, -0.2) is 35.2 Å². The summed E-state index contributed by atoms with van der Waals surface area (Å²) in [6.45, 7) is 2.31. The molecule has 0 aromatic heterocycles. The van der Waals surface area contributed by atoms with Crippen LogP contribution in [-0.2, 0) is 16.0 Å². The predicted molar refractivity (Wildman–Crippen MR) is 120 cm³/mol. The van der Waals surface area contributed by atoms with Crippen LogP contribution in [0.1, 0.15) is 27.9 Å². The van der Waals surface area contributed by atoms with Gasteiger partial charge in [-0.25, -0.2) is 4.90 Å². The largest absolute Gasteiger partial charge is 0.326 e. The molecule has 1 heterocycles. The highest BCUT2D eigenvalue weighted by Crippen LogP contribution is 2.27. The molecule has 156 valence electrons. The molecule has 3 aromatic carbocycles. The zero-order valence-electron chi connectivity index (χ0n) is 17.4. The maximum absolute atomic E-state index is 13.4. The van der Waals surface area contributed by atoms with Gasteiger partial charge in [-0.2, -0.15) is 0 Å². The number of hydrogen-bond acceptors (Lipinski definition) is 3. The van der Waals surface area contributed by atoms with E-state index in [9.17, 15) is 14.4 Å². The molecular formula is C26H24N2O3. The lowest BCUT2D eigenvalue weighted by Crippen LogP contribution is -2.46. The number of para-hydroxylation sites is 1. The second kappa shape index (κ2) is 8.96. The number of rotatable bonds is 6. The molecule has 3 amide bonds. The second-order valence-electron chi connectivity index (χ2n) is 7.72. The van der Waals surface area contributed by atoms with E-state index in [4.69, 9.17) is 0 Å². The molecule has 1 atom stereocenters. The van der Waals surface area contributed by atoms with Gasteiger partial charge in [0, 0.05) is 12.1 Å². The predicted octanol–water partition coefficient (Wildman–Crippen LogP) is 4.01. The summed E-state index contributed by atoms with van der Waals surface area (Å²) < 4.78 is 0. The minimum atomic E-state index is -0.815. The van der Waals surface area contributed by atoms with Gasteiger partial charge in [-0.1, -0.05) is 66.2 Å². The lowest BCUT2D eigenvalue weighted by molar-refractivity contribution is -0.122. The molecule has 0 saturated carbocycles. The van der Waals surface area contributed by atoms with Gasteiger partial charge in [0.25, 0.3) is 11.8 Å². The van der Waals surface area contributed by atoms with E-state index in [1.54, 1.807) is 41.3 Å². The zero-order chi connectivity index (χ0) is 21.8. The molecule has 5 nitrogen and oxygen atoms in total. The Morgan fingerprint density at radius 3 is 2.16 bits per heavy atom. The monoisotopic (exact) mass is 412 g/mol. The van der Waals surface area contributed by atoms with Gasteiger partial charge < -0.3 is 4.90 Å². The van der Waals surface area contributed by atoms with Gasteiger partial charge in [0.2, 0.25) is 5.91 Å². The van der Waals surface area contributed by atoms with E-state index < -0.39 is 6.04 Å². The summed E-state index contributed by atoms with van der Waals surface area (Å²) in [7, 11) is 0. The fourth-order valence-electron chi connectivity index (χ4n) is 3.86. The number of amides is 3. The average Bonchev–Trinajstić information content (AvgIpc) is 3.09. The zero-order valence-corrected chi connectivity index (χ0v) is 17.4. The van der Waals surface area contributed by atoms with Crippen molar-refractivity contribution in [2.75, 3.05) is 11.4 Å². The Bertz CT molecular complexity index is 1080. The highest BCUT2D eigenvalue weighted by molar-refractivity contribution is 6.23. The Kier molecular flexibility index (Phi) is 5.94. The van der Waals surface area contributed by atoms with Gasteiger partial charge in [0.1, 0.15) is 6.04 Å². The maximum atomic E-state index is 13.4. The summed E-state index contributed by atoms with van der Waals surface area (Å²) in [5.41, 5.74) is 3.17. The molecule has 1 unspecified atom stereocenters. The van der Waals surface area contributed by atoms with Crippen molar-refractivity contribution in [2.24, 2.45) is 0 Å². The molecule has 1 aliphatic rings. The minimum absolute atomic E-state index is 0.0138. The summed E-state index contributed by atoms with van der Waals surface area (Å²) in [5.74, 6) is -0.885. The van der Waals surface area contributed by atoms with Crippen LogP contribution in [0.4, 0.5) is 5.69 Å². The fourth-order valence-corrected chi connectivity index (χ4v) is 3.86. The average molecular weight is 412 g/mol. The summed E-state index contributed by atoms with van der Waals surface area (Å²) >= 11 is 0. The van der Waals surface area contributed by atoms with E-state index in [0.717, 1.165) is 11.1 Å². The van der Waals surface area contributed by atoms with Gasteiger partial charge in [-0.3, -0.25) is 14.4 Å². The normalized spacial score (nSPS) is 15.9. The van der Waals surface area contributed by atoms with Crippen molar-refractivity contribution in [3.63, 3.8) is 0 Å². The third kappa shape index (κ3) is 4.40. The first-order valence-electron chi connectivity index (χ1n) is 10.4. The van der Waals surface area contributed by atoms with Crippen molar-refractivity contribution < 1.29 is 14.4 Å². The number of carbonyl (C=O) groups is 3. The van der Waals surface area contributed by atoms with E-state index in [0.29, 0.717) is 24.2 Å². The van der Waals surface area contributed by atoms with Crippen molar-refractivity contribution in [2.45, 2.75) is 25.8 Å². The van der Waals surface area contributed by atoms with E-state index >= 15 is 0 Å². The Balaban J connectivity index is 1.63. The number of nitrogens with zero attached hydrogens (tertiary/aromatic N) is 2. The number of carbonyl (C=O) groups excluding carboxylic acids is 3. The van der Waals surface area contributed by atoms with E-state index in [-0.39, 0.29) is 24.1 Å². The molecule has 1 aliphatic heterocycles. The molecule has 0 aliphatic carbocycles. The number of imide groups is 1. The second-order valence-corrected chi connectivity index (χ2v) is 7.72. The van der Waals surface area contributed by atoms with Gasteiger partial charge in [-0.05, 0) is 43.2 Å². The maximum Gasteiger partial charge on any atom is 0.257 e. The molecular weight excluding hydrogens is 388 g/mol. The smallest absolute Gasteiger partial charge is 0.257 e. The molecule has 3 aromatic rings. The summed E-state index contributed by atoms with van der Waals surface area (Å²) in [6, 6.07) is 25.2. The van der Waals surface area contributed by atoms with Crippen LogP contribution in [0.3, 0.4) is 0 Å². The molecule has 0 spiro atoms. The number of hydrogen-bond donors (Lipinski definition) is 0. The van der Waals surface area contributed by atoms with E-state index in [2.05, 4.69) is 0 Å². The first-order valence-corrected chi connectivity index (χ1v) is 10.4. The van der Waals surface area contributed by atoms with Gasteiger partial charge >= 0.3 is 0 Å². The first-order chi connectivity index (χ1) is 15.0. The number of aryl methyl sites for hydroxylation is 1. The molecule has 31 heavy (non-hydrogen) atoms. The van der Waals surface area contributed by atoms with Crippen LogP contribution in [0.15, 0.2) is 84.9 Å². The highest BCUT2D eigenvalue weighted by Gasteiger charge is 2.44. The van der Waals surface area contributed by atoms with E-state index in [1.165, 1.54) is 4.90 Å². The van der Waals surface area contributed by atoms with Gasteiger partial charge in [0.15, 0.2) is 0 Å². The molecule has 0 N–H and O–H groups in total. The van der Waals surface area contributed by atoms with Crippen LogP contribution in [0, 0.1) is 6.92 Å². The number of benzene rings is 3. The van der Waals surface area contributed by atoms with Crippen LogP contribution < -0.4 is 4.90 Å². The standard InChI is InChI=1S/C26H24N2O3/c1-19-12-14-21(15-13-19)25(30)27(17-16-20-8-4-2-5-9-20)23-18-24(29)28(26(23)31)22-10-6-3-7-11-22/h2-15,23H,16-18H2,1H3. The van der Waals surface area contributed by atoms with Crippen LogP contribution >= 0.6 is 0 Å². The quantitative estimate of drug-likeness (QED) is 0.575. The Morgan fingerprint density at radius 2 is 1.52 bits per heavy atom. The topological polar surface area (TPSA) is 57.7 Å². The minimum Gasteiger partial charge on any atom is -0.326 e. The molecule has 1 saturated heterocycles. The fraction of sp³-hybridized carbons (Fsp3) is 0.192. The lowest BCUT2D eigenvalue weighted by Gasteiger charge is -2.28. The summed E-state index contributed by atoms with van der Waals surface area (Å²) in [5, 5.41) is 0. The third-order valence-corrected chi connectivity index (χ3v) is 5.56. The molecule has 1 fully saturated rings. The lowest BCUT2D eigenvalue weighted by atomic mass is 10.1. The van der Waals surface area contributed by atoms with E-state index in [1.807, 2.05) is 55.5 Å². The summed E-state index contributed by atoms with van der Waals surface area (Å²) in [4.78, 5) is 42.2. The Labute approximate surface area is 181 Å². The van der Waals surface area contributed by atoms with Crippen molar-refractivity contribution in [3.8, 4) is 0 Å². The Hall–Kier alpha value is -3.73. The summed E-state index contributed by atoms with van der Waals surface area (Å²) in [6.07, 6.45) is 0.585. The molecule has 5 heteroatoms. The van der Waals surface area contributed by atoms with Crippen LogP contribution in [0.5, 0.6) is 0 Å².